The first-order valence-electron chi connectivity index (χ1n) is 3.32. The van der Waals surface area contributed by atoms with E-state index in [1.807, 2.05) is 0 Å². The molecule has 13 heavy (non-hydrogen) atoms. The number of anilines is 1. The van der Waals surface area contributed by atoms with Crippen molar-refractivity contribution in [3.63, 3.8) is 0 Å². The molecule has 1 aromatic rings. The summed E-state index contributed by atoms with van der Waals surface area (Å²) in [4.78, 5) is 0. The van der Waals surface area contributed by atoms with E-state index in [4.69, 9.17) is 11.0 Å². The van der Waals surface area contributed by atoms with Gasteiger partial charge in [-0.25, -0.2) is 0 Å². The third-order valence-corrected chi connectivity index (χ3v) is 1.50. The number of nitrogen functional groups attached to an aromatic ring is 1. The maximum absolute atomic E-state index is 12.3. The third-order valence-electron chi connectivity index (χ3n) is 1.50. The van der Waals surface area contributed by atoms with Gasteiger partial charge in [0.25, 0.3) is 0 Å². The highest BCUT2D eigenvalue weighted by Gasteiger charge is 2.35. The third kappa shape index (κ3) is 1.72. The largest absolute Gasteiger partial charge is 0.419 e. The zero-order chi connectivity index (χ0) is 10.1. The van der Waals surface area contributed by atoms with Crippen LogP contribution in [0.1, 0.15) is 11.1 Å². The number of halogens is 3. The predicted octanol–water partition coefficient (Wildman–Crippen LogP) is 2.16. The molecule has 1 aromatic carbocycles. The summed E-state index contributed by atoms with van der Waals surface area (Å²) >= 11 is 0. The molecule has 0 amide bonds. The molecule has 0 fully saturated rings. The van der Waals surface area contributed by atoms with Gasteiger partial charge in [-0.2, -0.15) is 18.4 Å². The van der Waals surface area contributed by atoms with Crippen molar-refractivity contribution in [1.29, 1.82) is 5.26 Å². The second-order valence-corrected chi connectivity index (χ2v) is 2.38. The lowest BCUT2D eigenvalue weighted by molar-refractivity contribution is -0.137. The number of benzene rings is 1. The van der Waals surface area contributed by atoms with Crippen LogP contribution in [0.4, 0.5) is 18.9 Å². The normalized spacial score (nSPS) is 10.9. The van der Waals surface area contributed by atoms with Gasteiger partial charge in [-0.05, 0) is 12.1 Å². The molecule has 0 aliphatic carbocycles. The Balaban J connectivity index is 3.43. The number of rotatable bonds is 0. The molecule has 0 radical (unpaired) electrons. The molecule has 0 atom stereocenters. The van der Waals surface area contributed by atoms with Crippen LogP contribution in [0.15, 0.2) is 18.2 Å². The first-order chi connectivity index (χ1) is 5.96. The smallest absolute Gasteiger partial charge is 0.398 e. The van der Waals surface area contributed by atoms with Gasteiger partial charge in [0.15, 0.2) is 0 Å². The van der Waals surface area contributed by atoms with Gasteiger partial charge in [0.1, 0.15) is 0 Å². The number of nitrogens with zero attached hydrogens (tertiary/aromatic N) is 1. The molecular weight excluding hydrogens is 181 g/mol. The number of hydrogen-bond acceptors (Lipinski definition) is 2. The van der Waals surface area contributed by atoms with Gasteiger partial charge in [0, 0.05) is 5.69 Å². The van der Waals surface area contributed by atoms with Crippen LogP contribution in [0.25, 0.3) is 0 Å². The maximum atomic E-state index is 12.3. The van der Waals surface area contributed by atoms with Crippen LogP contribution in [0.5, 0.6) is 0 Å². The van der Waals surface area contributed by atoms with Crippen LogP contribution in [-0.4, -0.2) is 0 Å². The van der Waals surface area contributed by atoms with Crippen molar-refractivity contribution in [1.82, 2.24) is 0 Å². The Kier molecular flexibility index (Phi) is 2.15. The fourth-order valence-electron chi connectivity index (χ4n) is 0.980. The molecule has 0 aliphatic heterocycles. The molecular formula is C8H5F3N2. The minimum atomic E-state index is -4.57. The Morgan fingerprint density at radius 1 is 1.31 bits per heavy atom. The SMILES string of the molecule is N#Cc1cccc(N)c1C(F)(F)F. The van der Waals surface area contributed by atoms with E-state index in [-0.39, 0.29) is 0 Å². The van der Waals surface area contributed by atoms with Gasteiger partial charge in [0.2, 0.25) is 0 Å². The Bertz CT molecular complexity index is 363. The Labute approximate surface area is 72.4 Å². The Morgan fingerprint density at radius 2 is 1.92 bits per heavy atom. The van der Waals surface area contributed by atoms with E-state index in [1.54, 1.807) is 0 Å². The van der Waals surface area contributed by atoms with E-state index in [0.29, 0.717) is 0 Å². The molecule has 0 unspecified atom stereocenters. The summed E-state index contributed by atoms with van der Waals surface area (Å²) in [5, 5.41) is 8.40. The van der Waals surface area contributed by atoms with E-state index in [0.717, 1.165) is 12.1 Å². The molecule has 2 N–H and O–H groups in total. The van der Waals surface area contributed by atoms with Gasteiger partial charge in [0.05, 0.1) is 17.2 Å². The summed E-state index contributed by atoms with van der Waals surface area (Å²) in [7, 11) is 0. The molecule has 0 heterocycles. The van der Waals surface area contributed by atoms with E-state index < -0.39 is 23.0 Å². The van der Waals surface area contributed by atoms with E-state index >= 15 is 0 Å². The summed E-state index contributed by atoms with van der Waals surface area (Å²) in [6, 6.07) is 4.95. The van der Waals surface area contributed by atoms with Crippen molar-refractivity contribution >= 4 is 5.69 Å². The van der Waals surface area contributed by atoms with E-state index in [1.165, 1.54) is 12.1 Å². The summed E-state index contributed by atoms with van der Waals surface area (Å²) in [5.74, 6) is 0. The average molecular weight is 186 g/mol. The predicted molar refractivity (Wildman–Crippen MR) is 40.6 cm³/mol. The summed E-state index contributed by atoms with van der Waals surface area (Å²) in [6.45, 7) is 0. The number of alkyl halides is 3. The lowest BCUT2D eigenvalue weighted by Crippen LogP contribution is -2.11. The van der Waals surface area contributed by atoms with Crippen molar-refractivity contribution in [3.8, 4) is 6.07 Å². The van der Waals surface area contributed by atoms with Gasteiger partial charge in [-0.1, -0.05) is 6.07 Å². The maximum Gasteiger partial charge on any atom is 0.419 e. The second-order valence-electron chi connectivity index (χ2n) is 2.38. The van der Waals surface area contributed by atoms with Gasteiger partial charge in [-0.3, -0.25) is 0 Å². The average Bonchev–Trinajstić information content (AvgIpc) is 2.01. The van der Waals surface area contributed by atoms with Crippen LogP contribution < -0.4 is 5.73 Å². The minimum Gasteiger partial charge on any atom is -0.398 e. The van der Waals surface area contributed by atoms with Crippen molar-refractivity contribution in [2.75, 3.05) is 5.73 Å². The van der Waals surface area contributed by atoms with Crippen molar-refractivity contribution < 1.29 is 13.2 Å². The van der Waals surface area contributed by atoms with Crippen LogP contribution in [0.3, 0.4) is 0 Å². The van der Waals surface area contributed by atoms with Crippen LogP contribution >= 0.6 is 0 Å². The number of nitriles is 1. The minimum absolute atomic E-state index is 0.424. The molecule has 0 saturated carbocycles. The first kappa shape index (κ1) is 9.39. The number of hydrogen-bond donors (Lipinski definition) is 1. The topological polar surface area (TPSA) is 49.8 Å². The second kappa shape index (κ2) is 2.98. The summed E-state index contributed by atoms with van der Waals surface area (Å²) in [5.41, 5.74) is 3.18. The van der Waals surface area contributed by atoms with Crippen LogP contribution in [0, 0.1) is 11.3 Å². The molecule has 0 aliphatic rings. The molecule has 1 rings (SSSR count). The van der Waals surface area contributed by atoms with Crippen LogP contribution in [0.2, 0.25) is 0 Å². The Hall–Kier alpha value is -1.70. The molecule has 0 saturated heterocycles. The molecule has 5 heteroatoms. The van der Waals surface area contributed by atoms with Crippen LogP contribution in [-0.2, 0) is 6.18 Å². The highest BCUT2D eigenvalue weighted by atomic mass is 19.4. The van der Waals surface area contributed by atoms with E-state index in [9.17, 15) is 13.2 Å². The standard InChI is InChI=1S/C8H5F3N2/c9-8(10,11)7-5(4-12)2-1-3-6(7)13/h1-3H,13H2. The Morgan fingerprint density at radius 3 is 2.31 bits per heavy atom. The summed E-state index contributed by atoms with van der Waals surface area (Å²) < 4.78 is 36.8. The molecule has 0 spiro atoms. The van der Waals surface area contributed by atoms with Gasteiger partial charge >= 0.3 is 6.18 Å². The first-order valence-corrected chi connectivity index (χ1v) is 3.32. The lowest BCUT2D eigenvalue weighted by Gasteiger charge is -2.10. The molecule has 68 valence electrons. The molecule has 2 nitrogen and oxygen atoms in total. The zero-order valence-electron chi connectivity index (χ0n) is 6.39. The highest BCUT2D eigenvalue weighted by Crippen LogP contribution is 2.35. The molecule has 0 aromatic heterocycles. The van der Waals surface area contributed by atoms with E-state index in [2.05, 4.69) is 0 Å². The quantitative estimate of drug-likeness (QED) is 0.631. The number of nitrogens with two attached hydrogens (primary N) is 1. The zero-order valence-corrected chi connectivity index (χ0v) is 6.39. The fourth-order valence-corrected chi connectivity index (χ4v) is 0.980. The van der Waals surface area contributed by atoms with Crippen molar-refractivity contribution in [2.24, 2.45) is 0 Å². The monoisotopic (exact) mass is 186 g/mol. The molecule has 0 bridgehead atoms. The van der Waals surface area contributed by atoms with Gasteiger partial charge < -0.3 is 5.73 Å². The summed E-state index contributed by atoms with van der Waals surface area (Å²) in [6.07, 6.45) is -4.57. The van der Waals surface area contributed by atoms with Crippen molar-refractivity contribution in [3.05, 3.63) is 29.3 Å². The van der Waals surface area contributed by atoms with Gasteiger partial charge in [-0.15, -0.1) is 0 Å². The highest BCUT2D eigenvalue weighted by molar-refractivity contribution is 5.56. The lowest BCUT2D eigenvalue weighted by atomic mass is 10.1. The van der Waals surface area contributed by atoms with Crippen molar-refractivity contribution in [2.45, 2.75) is 6.18 Å². The fraction of sp³-hybridized carbons (Fsp3) is 0.125.